The van der Waals surface area contributed by atoms with Crippen LogP contribution in [0.5, 0.6) is 0 Å². The van der Waals surface area contributed by atoms with Gasteiger partial charge in [0, 0.05) is 18.6 Å². The molecule has 100 valence electrons. The minimum absolute atomic E-state index is 0.0937. The molecule has 1 N–H and O–H groups in total. The third kappa shape index (κ3) is 2.06. The average molecular weight is 256 g/mol. The number of nitrogens with one attached hydrogen (secondary N) is 1. The Balaban J connectivity index is 1.45. The van der Waals surface area contributed by atoms with Gasteiger partial charge in [-0.1, -0.05) is 24.3 Å². The summed E-state index contributed by atoms with van der Waals surface area (Å²) in [7, 11) is 0. The average Bonchev–Trinajstić information content (AvgIpc) is 3.01. The van der Waals surface area contributed by atoms with Gasteiger partial charge in [-0.15, -0.1) is 0 Å². The summed E-state index contributed by atoms with van der Waals surface area (Å²) >= 11 is 0. The van der Waals surface area contributed by atoms with Gasteiger partial charge in [-0.25, -0.2) is 0 Å². The molecule has 2 fully saturated rings. The van der Waals surface area contributed by atoms with Crippen LogP contribution in [-0.4, -0.2) is 35.5 Å². The van der Waals surface area contributed by atoms with E-state index in [1.54, 1.807) is 0 Å². The molecule has 1 saturated carbocycles. The maximum atomic E-state index is 12.5. The number of fused-ring (bicyclic) bond motifs is 1. The lowest BCUT2D eigenvalue weighted by Crippen LogP contribution is -2.43. The number of nitrogens with zero attached hydrogens (tertiary/aromatic N) is 1. The fourth-order valence-corrected chi connectivity index (χ4v) is 3.51. The Kier molecular flexibility index (Phi) is 2.62. The Labute approximate surface area is 114 Å². The summed E-state index contributed by atoms with van der Waals surface area (Å²) in [6, 6.07) is 9.72. The summed E-state index contributed by atoms with van der Waals surface area (Å²) in [4.78, 5) is 14.6. The molecule has 0 bridgehead atoms. The molecule has 3 aliphatic rings. The molecule has 0 radical (unpaired) electrons. The minimum atomic E-state index is 0.0937. The highest BCUT2D eigenvalue weighted by Gasteiger charge is 2.39. The van der Waals surface area contributed by atoms with E-state index in [2.05, 4.69) is 34.5 Å². The summed E-state index contributed by atoms with van der Waals surface area (Å²) < 4.78 is 0. The van der Waals surface area contributed by atoms with Crippen molar-refractivity contribution in [1.29, 1.82) is 0 Å². The van der Waals surface area contributed by atoms with Gasteiger partial charge >= 0.3 is 0 Å². The van der Waals surface area contributed by atoms with Crippen LogP contribution in [0.15, 0.2) is 24.3 Å². The Morgan fingerprint density at radius 3 is 2.37 bits per heavy atom. The summed E-state index contributed by atoms with van der Waals surface area (Å²) in [5.74, 6) is 0.338. The van der Waals surface area contributed by atoms with Crippen molar-refractivity contribution in [1.82, 2.24) is 10.2 Å². The quantitative estimate of drug-likeness (QED) is 0.889. The van der Waals surface area contributed by atoms with Crippen molar-refractivity contribution in [3.8, 4) is 0 Å². The zero-order valence-corrected chi connectivity index (χ0v) is 11.1. The standard InChI is InChI=1S/C16H20N2O/c19-16-15(17-13-5-6-13)7-8-18(16)14-9-11-3-1-2-4-12(11)10-14/h1-4,13-15,17H,5-10H2. The number of carbonyl (C=O) groups excluding carboxylic acids is 1. The SMILES string of the molecule is O=C1C(NC2CC2)CCN1C1Cc2ccccc2C1. The lowest BCUT2D eigenvalue weighted by atomic mass is 10.1. The number of likely N-dealkylation sites (tertiary alicyclic amines) is 1. The zero-order valence-electron chi connectivity index (χ0n) is 11.1. The largest absolute Gasteiger partial charge is 0.338 e. The summed E-state index contributed by atoms with van der Waals surface area (Å²) in [6.45, 7) is 0.932. The molecule has 1 aliphatic heterocycles. The fourth-order valence-electron chi connectivity index (χ4n) is 3.51. The second-order valence-corrected chi connectivity index (χ2v) is 6.14. The van der Waals surface area contributed by atoms with Gasteiger partial charge in [0.15, 0.2) is 0 Å². The van der Waals surface area contributed by atoms with E-state index in [1.807, 2.05) is 0 Å². The van der Waals surface area contributed by atoms with Gasteiger partial charge in [0.25, 0.3) is 0 Å². The van der Waals surface area contributed by atoms with Crippen molar-refractivity contribution < 1.29 is 4.79 Å². The summed E-state index contributed by atoms with van der Waals surface area (Å²) in [5.41, 5.74) is 2.86. The van der Waals surface area contributed by atoms with Crippen LogP contribution in [0.25, 0.3) is 0 Å². The van der Waals surface area contributed by atoms with Crippen LogP contribution in [0.1, 0.15) is 30.4 Å². The molecule has 2 aliphatic carbocycles. The molecular weight excluding hydrogens is 236 g/mol. The third-order valence-corrected chi connectivity index (χ3v) is 4.72. The topological polar surface area (TPSA) is 32.3 Å². The van der Waals surface area contributed by atoms with Crippen LogP contribution in [0, 0.1) is 0 Å². The normalized spacial score (nSPS) is 27.1. The first kappa shape index (κ1) is 11.5. The number of rotatable bonds is 3. The zero-order chi connectivity index (χ0) is 12.8. The minimum Gasteiger partial charge on any atom is -0.338 e. The predicted molar refractivity (Wildman–Crippen MR) is 73.9 cm³/mol. The Hall–Kier alpha value is -1.35. The van der Waals surface area contributed by atoms with E-state index in [1.165, 1.54) is 24.0 Å². The molecule has 3 heteroatoms. The van der Waals surface area contributed by atoms with Crippen molar-refractivity contribution in [3.63, 3.8) is 0 Å². The maximum Gasteiger partial charge on any atom is 0.240 e. The molecule has 1 unspecified atom stereocenters. The molecule has 0 aromatic heterocycles. The van der Waals surface area contributed by atoms with Gasteiger partial charge in [-0.2, -0.15) is 0 Å². The summed E-state index contributed by atoms with van der Waals surface area (Å²) in [5, 5.41) is 3.49. The van der Waals surface area contributed by atoms with E-state index in [0.717, 1.165) is 25.8 Å². The number of hydrogen-bond acceptors (Lipinski definition) is 2. The van der Waals surface area contributed by atoms with E-state index in [-0.39, 0.29) is 6.04 Å². The van der Waals surface area contributed by atoms with E-state index in [0.29, 0.717) is 18.0 Å². The highest BCUT2D eigenvalue weighted by atomic mass is 16.2. The first-order chi connectivity index (χ1) is 9.31. The Morgan fingerprint density at radius 2 is 1.74 bits per heavy atom. The highest BCUT2D eigenvalue weighted by molar-refractivity contribution is 5.84. The Bertz CT molecular complexity index is 484. The van der Waals surface area contributed by atoms with Crippen LogP contribution >= 0.6 is 0 Å². The van der Waals surface area contributed by atoms with E-state index in [9.17, 15) is 4.79 Å². The molecule has 1 heterocycles. The van der Waals surface area contributed by atoms with Crippen LogP contribution in [0.3, 0.4) is 0 Å². The molecule has 19 heavy (non-hydrogen) atoms. The van der Waals surface area contributed by atoms with Crippen molar-refractivity contribution in [3.05, 3.63) is 35.4 Å². The number of amides is 1. The summed E-state index contributed by atoms with van der Waals surface area (Å²) in [6.07, 6.45) is 5.57. The van der Waals surface area contributed by atoms with Crippen molar-refractivity contribution in [2.24, 2.45) is 0 Å². The molecule has 0 spiro atoms. The van der Waals surface area contributed by atoms with Crippen molar-refractivity contribution in [2.75, 3.05) is 6.54 Å². The maximum absolute atomic E-state index is 12.5. The monoisotopic (exact) mass is 256 g/mol. The molecule has 1 aromatic rings. The van der Waals surface area contributed by atoms with Crippen LogP contribution in [0.4, 0.5) is 0 Å². The lowest BCUT2D eigenvalue weighted by molar-refractivity contribution is -0.131. The molecule has 3 nitrogen and oxygen atoms in total. The first-order valence-corrected chi connectivity index (χ1v) is 7.44. The molecule has 1 aromatic carbocycles. The third-order valence-electron chi connectivity index (χ3n) is 4.72. The second-order valence-electron chi connectivity index (χ2n) is 6.14. The molecular formula is C16H20N2O. The van der Waals surface area contributed by atoms with Crippen molar-refractivity contribution in [2.45, 2.75) is 50.2 Å². The van der Waals surface area contributed by atoms with E-state index < -0.39 is 0 Å². The fraction of sp³-hybridized carbons (Fsp3) is 0.562. The van der Waals surface area contributed by atoms with Crippen molar-refractivity contribution >= 4 is 5.91 Å². The van der Waals surface area contributed by atoms with Gasteiger partial charge in [0.2, 0.25) is 5.91 Å². The number of carbonyl (C=O) groups is 1. The Morgan fingerprint density at radius 1 is 1.05 bits per heavy atom. The molecule has 1 saturated heterocycles. The van der Waals surface area contributed by atoms with Crippen LogP contribution in [0.2, 0.25) is 0 Å². The molecule has 1 atom stereocenters. The van der Waals surface area contributed by atoms with Crippen LogP contribution in [-0.2, 0) is 17.6 Å². The van der Waals surface area contributed by atoms with Gasteiger partial charge in [0.1, 0.15) is 0 Å². The van der Waals surface area contributed by atoms with Gasteiger partial charge in [-0.3, -0.25) is 4.79 Å². The van der Waals surface area contributed by atoms with Gasteiger partial charge in [0.05, 0.1) is 6.04 Å². The predicted octanol–water partition coefficient (Wildman–Crippen LogP) is 1.51. The van der Waals surface area contributed by atoms with E-state index in [4.69, 9.17) is 0 Å². The second kappa shape index (κ2) is 4.34. The van der Waals surface area contributed by atoms with Crippen LogP contribution < -0.4 is 5.32 Å². The smallest absolute Gasteiger partial charge is 0.240 e. The number of benzene rings is 1. The molecule has 4 rings (SSSR count). The van der Waals surface area contributed by atoms with Gasteiger partial charge in [-0.05, 0) is 43.2 Å². The first-order valence-electron chi connectivity index (χ1n) is 7.44. The van der Waals surface area contributed by atoms with E-state index >= 15 is 0 Å². The highest BCUT2D eigenvalue weighted by Crippen LogP contribution is 2.29. The molecule has 1 amide bonds. The lowest BCUT2D eigenvalue weighted by Gasteiger charge is -2.24. The number of hydrogen-bond donors (Lipinski definition) is 1. The van der Waals surface area contributed by atoms with Gasteiger partial charge < -0.3 is 10.2 Å².